The van der Waals surface area contributed by atoms with Crippen LogP contribution in [0.3, 0.4) is 0 Å². The summed E-state index contributed by atoms with van der Waals surface area (Å²) in [6.45, 7) is 9.35. The van der Waals surface area contributed by atoms with Crippen molar-refractivity contribution in [3.63, 3.8) is 0 Å². The zero-order valence-corrected chi connectivity index (χ0v) is 15.2. The Morgan fingerprint density at radius 2 is 2.04 bits per heavy atom. The first-order chi connectivity index (χ1) is 11.6. The Bertz CT molecular complexity index is 753. The van der Waals surface area contributed by atoms with Crippen LogP contribution in [0, 0.1) is 11.7 Å². The van der Waals surface area contributed by atoms with Gasteiger partial charge in [0.1, 0.15) is 11.6 Å². The van der Waals surface area contributed by atoms with Crippen LogP contribution in [0.15, 0.2) is 24.3 Å². The molecular weight excluding hydrogens is 323 g/mol. The van der Waals surface area contributed by atoms with Crippen LogP contribution >= 0.6 is 0 Å². The number of carbonyl (C=O) groups excluding carboxylic acids is 1. The molecule has 136 valence electrons. The van der Waals surface area contributed by atoms with Gasteiger partial charge in [-0.2, -0.15) is 0 Å². The SMILES string of the molecule is CC(C)c1nc(C(=O)NCC(C)(O)C(C)C)nn1-c1cccc(F)c1. The predicted molar refractivity (Wildman–Crippen MR) is 93.2 cm³/mol. The lowest BCUT2D eigenvalue weighted by Crippen LogP contribution is -2.44. The normalized spacial score (nSPS) is 14.0. The summed E-state index contributed by atoms with van der Waals surface area (Å²) in [5.74, 6) is -0.327. The van der Waals surface area contributed by atoms with Crippen LogP contribution in [0.2, 0.25) is 0 Å². The monoisotopic (exact) mass is 348 g/mol. The molecule has 25 heavy (non-hydrogen) atoms. The zero-order chi connectivity index (χ0) is 18.8. The minimum absolute atomic E-state index is 0.00362. The molecule has 0 aliphatic rings. The highest BCUT2D eigenvalue weighted by Crippen LogP contribution is 2.19. The van der Waals surface area contributed by atoms with Crippen LogP contribution in [0.1, 0.15) is 57.0 Å². The number of nitrogens with zero attached hydrogens (tertiary/aromatic N) is 3. The molecule has 0 bridgehead atoms. The molecule has 6 nitrogen and oxygen atoms in total. The molecule has 1 aromatic carbocycles. The molecule has 0 aliphatic heterocycles. The maximum Gasteiger partial charge on any atom is 0.291 e. The molecule has 1 amide bonds. The minimum Gasteiger partial charge on any atom is -0.388 e. The standard InChI is InChI=1S/C18H25FN4O2/c1-11(2)16-21-15(17(24)20-10-18(5,25)12(3)4)22-23(16)14-8-6-7-13(19)9-14/h6-9,11-12,25H,10H2,1-5H3,(H,20,24). The van der Waals surface area contributed by atoms with Crippen LogP contribution in [0.25, 0.3) is 5.69 Å². The second-order valence-corrected chi connectivity index (χ2v) is 7.03. The van der Waals surface area contributed by atoms with Gasteiger partial charge in [0.05, 0.1) is 11.3 Å². The first-order valence-electron chi connectivity index (χ1n) is 8.35. The molecule has 0 fully saturated rings. The van der Waals surface area contributed by atoms with Gasteiger partial charge in [-0.25, -0.2) is 14.1 Å². The molecule has 0 radical (unpaired) electrons. The average Bonchev–Trinajstić information content (AvgIpc) is 2.98. The number of carbonyl (C=O) groups is 1. The lowest BCUT2D eigenvalue weighted by Gasteiger charge is -2.27. The molecule has 0 saturated heterocycles. The summed E-state index contributed by atoms with van der Waals surface area (Å²) in [4.78, 5) is 16.7. The molecule has 0 saturated carbocycles. The van der Waals surface area contributed by atoms with Crippen molar-refractivity contribution in [1.29, 1.82) is 0 Å². The van der Waals surface area contributed by atoms with Crippen LogP contribution < -0.4 is 5.32 Å². The van der Waals surface area contributed by atoms with Crippen LogP contribution in [-0.4, -0.2) is 37.9 Å². The molecule has 1 heterocycles. The summed E-state index contributed by atoms with van der Waals surface area (Å²) in [5.41, 5.74) is -0.522. The second kappa shape index (κ2) is 7.31. The third-order valence-electron chi connectivity index (χ3n) is 4.26. The van der Waals surface area contributed by atoms with E-state index in [4.69, 9.17) is 0 Å². The zero-order valence-electron chi connectivity index (χ0n) is 15.2. The third-order valence-corrected chi connectivity index (χ3v) is 4.26. The maximum absolute atomic E-state index is 13.5. The molecule has 0 spiro atoms. The van der Waals surface area contributed by atoms with Crippen molar-refractivity contribution in [2.24, 2.45) is 5.92 Å². The van der Waals surface area contributed by atoms with E-state index in [0.717, 1.165) is 0 Å². The van der Waals surface area contributed by atoms with E-state index in [2.05, 4.69) is 15.4 Å². The number of benzene rings is 1. The molecule has 7 heteroatoms. The highest BCUT2D eigenvalue weighted by Gasteiger charge is 2.27. The topological polar surface area (TPSA) is 80.0 Å². The van der Waals surface area contributed by atoms with Gasteiger partial charge in [-0.05, 0) is 31.0 Å². The van der Waals surface area contributed by atoms with Crippen molar-refractivity contribution in [2.75, 3.05) is 6.54 Å². The van der Waals surface area contributed by atoms with Gasteiger partial charge >= 0.3 is 0 Å². The highest BCUT2D eigenvalue weighted by atomic mass is 19.1. The summed E-state index contributed by atoms with van der Waals surface area (Å²) in [7, 11) is 0. The molecule has 1 aromatic heterocycles. The van der Waals surface area contributed by atoms with Gasteiger partial charge < -0.3 is 10.4 Å². The first kappa shape index (κ1) is 19.1. The van der Waals surface area contributed by atoms with Crippen molar-refractivity contribution < 1.29 is 14.3 Å². The number of halogens is 1. The predicted octanol–water partition coefficient (Wildman–Crippen LogP) is 2.67. The van der Waals surface area contributed by atoms with Crippen molar-refractivity contribution in [1.82, 2.24) is 20.1 Å². The fourth-order valence-corrected chi connectivity index (χ4v) is 2.13. The van der Waals surface area contributed by atoms with Gasteiger partial charge in [-0.3, -0.25) is 4.79 Å². The Balaban J connectivity index is 2.28. The van der Waals surface area contributed by atoms with Gasteiger partial charge in [0.15, 0.2) is 0 Å². The fourth-order valence-electron chi connectivity index (χ4n) is 2.13. The van der Waals surface area contributed by atoms with Gasteiger partial charge in [-0.15, -0.1) is 5.10 Å². The fraction of sp³-hybridized carbons (Fsp3) is 0.500. The van der Waals surface area contributed by atoms with Crippen molar-refractivity contribution in [3.05, 3.63) is 41.7 Å². The van der Waals surface area contributed by atoms with Crippen LogP contribution in [0.5, 0.6) is 0 Å². The smallest absolute Gasteiger partial charge is 0.291 e. The maximum atomic E-state index is 13.5. The molecule has 1 unspecified atom stereocenters. The molecule has 2 rings (SSSR count). The van der Waals surface area contributed by atoms with Gasteiger partial charge in [-0.1, -0.05) is 33.8 Å². The molecule has 1 atom stereocenters. The van der Waals surface area contributed by atoms with Crippen molar-refractivity contribution in [3.8, 4) is 5.69 Å². The van der Waals surface area contributed by atoms with Gasteiger partial charge in [0.25, 0.3) is 5.91 Å². The summed E-state index contributed by atoms with van der Waals surface area (Å²) in [6, 6.07) is 5.97. The largest absolute Gasteiger partial charge is 0.388 e. The lowest BCUT2D eigenvalue weighted by atomic mass is 9.92. The number of nitrogens with one attached hydrogen (secondary N) is 1. The molecule has 2 N–H and O–H groups in total. The summed E-state index contributed by atoms with van der Waals surface area (Å²) in [5, 5.41) is 17.1. The van der Waals surface area contributed by atoms with E-state index in [1.54, 1.807) is 19.1 Å². The Morgan fingerprint density at radius 1 is 1.36 bits per heavy atom. The second-order valence-electron chi connectivity index (χ2n) is 7.03. The van der Waals surface area contributed by atoms with E-state index in [0.29, 0.717) is 11.5 Å². The van der Waals surface area contributed by atoms with E-state index >= 15 is 0 Å². The van der Waals surface area contributed by atoms with Gasteiger partial charge in [0, 0.05) is 12.5 Å². The minimum atomic E-state index is -1.03. The van der Waals surface area contributed by atoms with E-state index in [-0.39, 0.29) is 30.0 Å². The quantitative estimate of drug-likeness (QED) is 0.841. The van der Waals surface area contributed by atoms with E-state index in [9.17, 15) is 14.3 Å². The Morgan fingerprint density at radius 3 is 2.60 bits per heavy atom. The summed E-state index contributed by atoms with van der Waals surface area (Å²) >= 11 is 0. The number of rotatable bonds is 6. The number of amides is 1. The number of aliphatic hydroxyl groups is 1. The third kappa shape index (κ3) is 4.42. The Hall–Kier alpha value is -2.28. The number of aromatic nitrogens is 3. The first-order valence-corrected chi connectivity index (χ1v) is 8.35. The van der Waals surface area contributed by atoms with Gasteiger partial charge in [0.2, 0.25) is 5.82 Å². The lowest BCUT2D eigenvalue weighted by molar-refractivity contribution is 0.0141. The Kier molecular flexibility index (Phi) is 5.57. The van der Waals surface area contributed by atoms with E-state index in [1.807, 2.05) is 27.7 Å². The molecular formula is C18H25FN4O2. The molecule has 2 aromatic rings. The van der Waals surface area contributed by atoms with E-state index < -0.39 is 11.5 Å². The van der Waals surface area contributed by atoms with Crippen molar-refractivity contribution in [2.45, 2.75) is 46.1 Å². The van der Waals surface area contributed by atoms with Crippen molar-refractivity contribution >= 4 is 5.91 Å². The summed E-state index contributed by atoms with van der Waals surface area (Å²) < 4.78 is 15.0. The van der Waals surface area contributed by atoms with Crippen LogP contribution in [-0.2, 0) is 0 Å². The molecule has 0 aliphatic carbocycles. The average molecular weight is 348 g/mol. The summed E-state index contributed by atoms with van der Waals surface area (Å²) in [6.07, 6.45) is 0. The number of hydrogen-bond donors (Lipinski definition) is 2. The number of hydrogen-bond acceptors (Lipinski definition) is 4. The van der Waals surface area contributed by atoms with Crippen LogP contribution in [0.4, 0.5) is 4.39 Å². The highest BCUT2D eigenvalue weighted by molar-refractivity contribution is 5.90. The Labute approximate surface area is 147 Å². The van der Waals surface area contributed by atoms with E-state index in [1.165, 1.54) is 16.8 Å².